The van der Waals surface area contributed by atoms with Gasteiger partial charge in [-0.15, -0.1) is 0 Å². The quantitative estimate of drug-likeness (QED) is 0.321. The highest BCUT2D eigenvalue weighted by Crippen LogP contribution is 2.43. The minimum atomic E-state index is -5.05. The molecule has 4 N–H and O–H groups in total. The van der Waals surface area contributed by atoms with E-state index in [1.807, 2.05) is 0 Å². The van der Waals surface area contributed by atoms with Crippen LogP contribution in [0.2, 0.25) is 0 Å². The summed E-state index contributed by atoms with van der Waals surface area (Å²) in [5.74, 6) is -0.709. The van der Waals surface area contributed by atoms with E-state index in [0.717, 1.165) is 25.2 Å². The van der Waals surface area contributed by atoms with Crippen molar-refractivity contribution < 1.29 is 32.2 Å². The van der Waals surface area contributed by atoms with Gasteiger partial charge in [0.25, 0.3) is 5.91 Å². The molecule has 196 valence electrons. The average molecular weight is 518 g/mol. The number of nitrogens with one attached hydrogen (secondary N) is 1. The molecule has 3 heterocycles. The highest BCUT2D eigenvalue weighted by atomic mass is 19.4. The van der Waals surface area contributed by atoms with Crippen molar-refractivity contribution in [1.29, 1.82) is 0 Å². The molecule has 0 spiro atoms. The fraction of sp³-hybridized carbons (Fsp3) is 0.360. The van der Waals surface area contributed by atoms with Gasteiger partial charge in [-0.3, -0.25) is 14.8 Å². The Kier molecular flexibility index (Phi) is 7.32. The van der Waals surface area contributed by atoms with Gasteiger partial charge in [0.2, 0.25) is 5.89 Å². The summed E-state index contributed by atoms with van der Waals surface area (Å²) in [6, 6.07) is 5.54. The molecule has 2 aromatic heterocycles. The Labute approximate surface area is 210 Å². The number of nitrogens with zero attached hydrogens (tertiary/aromatic N) is 3. The number of pyridine rings is 1. The predicted octanol–water partition coefficient (Wildman–Crippen LogP) is 4.59. The van der Waals surface area contributed by atoms with Crippen molar-refractivity contribution in [2.24, 2.45) is 4.99 Å². The van der Waals surface area contributed by atoms with Crippen LogP contribution in [-0.2, 0) is 10.3 Å². The van der Waals surface area contributed by atoms with Crippen LogP contribution in [-0.4, -0.2) is 46.2 Å². The fourth-order valence-corrected chi connectivity index (χ4v) is 3.78. The van der Waals surface area contributed by atoms with E-state index in [0.29, 0.717) is 31.2 Å². The van der Waals surface area contributed by atoms with E-state index < -0.39 is 29.5 Å². The smallest absolute Gasteiger partial charge is 0.421 e. The number of amides is 1. The number of oxazole rings is 1. The highest BCUT2D eigenvalue weighted by Gasteiger charge is 2.52. The number of hydrogen-bond acceptors (Lipinski definition) is 8. The zero-order valence-corrected chi connectivity index (χ0v) is 20.2. The molecule has 12 heteroatoms. The van der Waals surface area contributed by atoms with Crippen molar-refractivity contribution in [1.82, 2.24) is 9.97 Å². The summed E-state index contributed by atoms with van der Waals surface area (Å²) in [6.45, 7) is 2.92. The maximum absolute atomic E-state index is 13.7. The monoisotopic (exact) mass is 517 g/mol. The second-order valence-corrected chi connectivity index (χ2v) is 8.87. The molecule has 1 aliphatic heterocycles. The number of nitrogen functional groups attached to an aromatic ring is 1. The molecule has 1 aromatic carbocycles. The van der Waals surface area contributed by atoms with E-state index in [4.69, 9.17) is 14.9 Å². The first-order chi connectivity index (χ1) is 17.5. The number of alkyl halides is 3. The number of aromatic nitrogens is 2. The Morgan fingerprint density at radius 1 is 1.30 bits per heavy atom. The summed E-state index contributed by atoms with van der Waals surface area (Å²) < 4.78 is 52.1. The Morgan fingerprint density at radius 2 is 2.08 bits per heavy atom. The number of aliphatic imine (C=N–C) groups is 1. The zero-order chi connectivity index (χ0) is 26.8. The Balaban J connectivity index is 1.67. The number of nitrogens with two attached hydrogens (primary N) is 1. The molecule has 3 aromatic rings. The number of halogens is 3. The van der Waals surface area contributed by atoms with Crippen molar-refractivity contribution in [2.75, 3.05) is 17.7 Å². The Morgan fingerprint density at radius 3 is 2.76 bits per heavy atom. The first kappa shape index (κ1) is 26.3. The Bertz CT molecular complexity index is 1310. The molecule has 1 aliphatic rings. The van der Waals surface area contributed by atoms with Gasteiger partial charge in [0.05, 0.1) is 0 Å². The molecular formula is C25H26F3N5O4. The lowest BCUT2D eigenvalue weighted by Gasteiger charge is -2.29. The fourth-order valence-electron chi connectivity index (χ4n) is 3.78. The summed E-state index contributed by atoms with van der Waals surface area (Å²) >= 11 is 0. The van der Waals surface area contributed by atoms with Gasteiger partial charge in [0.15, 0.2) is 11.3 Å². The second-order valence-electron chi connectivity index (χ2n) is 8.87. The van der Waals surface area contributed by atoms with Gasteiger partial charge >= 0.3 is 6.18 Å². The van der Waals surface area contributed by atoms with Gasteiger partial charge in [0.1, 0.15) is 12.5 Å². The van der Waals surface area contributed by atoms with Gasteiger partial charge in [0, 0.05) is 52.8 Å². The van der Waals surface area contributed by atoms with Gasteiger partial charge < -0.3 is 25.3 Å². The predicted molar refractivity (Wildman–Crippen MR) is 130 cm³/mol. The van der Waals surface area contributed by atoms with Gasteiger partial charge in [-0.25, -0.2) is 4.98 Å². The van der Waals surface area contributed by atoms with Crippen molar-refractivity contribution in [3.8, 4) is 11.5 Å². The number of ether oxygens (including phenoxy) is 1. The molecule has 1 saturated heterocycles. The molecule has 2 unspecified atom stereocenters. The normalized spacial score (nSPS) is 18.1. The zero-order valence-electron chi connectivity index (χ0n) is 20.2. The molecule has 0 saturated carbocycles. The molecule has 37 heavy (non-hydrogen) atoms. The maximum atomic E-state index is 13.7. The van der Waals surface area contributed by atoms with Crippen molar-refractivity contribution in [3.63, 3.8) is 0 Å². The third-order valence-corrected chi connectivity index (χ3v) is 5.96. The summed E-state index contributed by atoms with van der Waals surface area (Å²) in [7, 11) is 0. The lowest BCUT2D eigenvalue weighted by atomic mass is 9.91. The van der Waals surface area contributed by atoms with Crippen LogP contribution in [0.25, 0.3) is 11.5 Å². The van der Waals surface area contributed by atoms with Gasteiger partial charge in [-0.05, 0) is 57.4 Å². The minimum absolute atomic E-state index is 0.0612. The summed E-state index contributed by atoms with van der Waals surface area (Å²) in [5, 5.41) is 12.8. The minimum Gasteiger partial charge on any atom is -0.444 e. The maximum Gasteiger partial charge on any atom is 0.421 e. The molecule has 1 amide bonds. The van der Waals surface area contributed by atoms with Gasteiger partial charge in [-0.2, -0.15) is 13.2 Å². The number of carbonyl (C=O) groups is 1. The van der Waals surface area contributed by atoms with Crippen LogP contribution >= 0.6 is 0 Å². The SMILES string of the molecule is Cc1cc(-c2nc(C(=O)Nc3cc(C=NC4CCCCO4)c(N)cc3C(C)(O)C(F)(F)F)co2)ccn1. The van der Waals surface area contributed by atoms with Crippen molar-refractivity contribution >= 4 is 23.5 Å². The highest BCUT2D eigenvalue weighted by molar-refractivity contribution is 6.04. The third kappa shape index (κ3) is 5.81. The Hall–Kier alpha value is -3.77. The molecule has 0 bridgehead atoms. The molecular weight excluding hydrogens is 491 g/mol. The van der Waals surface area contributed by atoms with E-state index in [2.05, 4.69) is 20.3 Å². The first-order valence-electron chi connectivity index (χ1n) is 11.5. The number of anilines is 2. The van der Waals surface area contributed by atoms with E-state index in [1.54, 1.807) is 25.3 Å². The molecule has 0 aliphatic carbocycles. The largest absolute Gasteiger partial charge is 0.444 e. The molecule has 2 atom stereocenters. The third-order valence-electron chi connectivity index (χ3n) is 5.96. The standard InChI is InChI=1S/C25H26F3N5O4/c1-14-9-15(6-7-30-14)23-33-20(13-37-23)22(34)32-19-10-16(12-31-21-5-3-4-8-36-21)18(29)11-17(19)24(2,35)25(26,27)28/h6-7,9-13,21,35H,3-5,8,29H2,1-2H3,(H,32,34). The molecule has 9 nitrogen and oxygen atoms in total. The molecule has 4 rings (SSSR count). The molecule has 0 radical (unpaired) electrons. The van der Waals surface area contributed by atoms with Crippen LogP contribution in [0.4, 0.5) is 24.5 Å². The van der Waals surface area contributed by atoms with Crippen LogP contribution in [0.3, 0.4) is 0 Å². The topological polar surface area (TPSA) is 136 Å². The number of benzene rings is 1. The van der Waals surface area contributed by atoms with Crippen molar-refractivity contribution in [2.45, 2.75) is 51.1 Å². The van der Waals surface area contributed by atoms with E-state index >= 15 is 0 Å². The van der Waals surface area contributed by atoms with E-state index in [1.165, 1.54) is 12.3 Å². The van der Waals surface area contributed by atoms with Crippen LogP contribution in [0.15, 0.2) is 46.1 Å². The number of hydrogen-bond donors (Lipinski definition) is 3. The van der Waals surface area contributed by atoms with Crippen LogP contribution < -0.4 is 11.1 Å². The lowest BCUT2D eigenvalue weighted by molar-refractivity contribution is -0.258. The lowest BCUT2D eigenvalue weighted by Crippen LogP contribution is -2.40. The number of rotatable bonds is 6. The second kappa shape index (κ2) is 10.3. The summed E-state index contributed by atoms with van der Waals surface area (Å²) in [5.41, 5.74) is 3.05. The van der Waals surface area contributed by atoms with Crippen molar-refractivity contribution in [3.05, 3.63) is 59.2 Å². The van der Waals surface area contributed by atoms with E-state index in [9.17, 15) is 23.1 Å². The first-order valence-corrected chi connectivity index (χ1v) is 11.5. The van der Waals surface area contributed by atoms with Gasteiger partial charge in [-0.1, -0.05) is 0 Å². The average Bonchev–Trinajstić information content (AvgIpc) is 3.34. The summed E-state index contributed by atoms with van der Waals surface area (Å²) in [4.78, 5) is 25.5. The summed E-state index contributed by atoms with van der Waals surface area (Å²) in [6.07, 6.45) is 1.14. The number of aliphatic hydroxyl groups is 1. The molecule has 1 fully saturated rings. The van der Waals surface area contributed by atoms with Crippen LogP contribution in [0.5, 0.6) is 0 Å². The number of aryl methyl sites for hydroxylation is 1. The number of carbonyl (C=O) groups excluding carboxylic acids is 1. The van der Waals surface area contributed by atoms with Crippen LogP contribution in [0, 0.1) is 6.92 Å². The van der Waals surface area contributed by atoms with Crippen LogP contribution in [0.1, 0.15) is 53.5 Å². The van der Waals surface area contributed by atoms with E-state index in [-0.39, 0.29) is 28.5 Å².